The average molecular weight is 413 g/mol. The number of nitrogens with zero attached hydrogens (tertiary/aromatic N) is 4. The van der Waals surface area contributed by atoms with Crippen molar-refractivity contribution in [2.24, 2.45) is 5.92 Å². The minimum atomic E-state index is -0.0164. The summed E-state index contributed by atoms with van der Waals surface area (Å²) in [7, 11) is 0. The largest absolute Gasteiger partial charge is 0.370 e. The Morgan fingerprint density at radius 3 is 2.53 bits per heavy atom. The highest BCUT2D eigenvalue weighted by molar-refractivity contribution is 5.78. The third kappa shape index (κ3) is 5.70. The maximum absolute atomic E-state index is 13.0. The van der Waals surface area contributed by atoms with Gasteiger partial charge in [-0.1, -0.05) is 44.2 Å². The Kier molecular flexibility index (Phi) is 7.67. The first-order chi connectivity index (χ1) is 14.4. The summed E-state index contributed by atoms with van der Waals surface area (Å²) in [5.74, 6) is 0.621. The molecule has 0 N–H and O–H groups in total. The molecule has 6 nitrogen and oxygen atoms in total. The second-order valence-corrected chi connectivity index (χ2v) is 8.75. The van der Waals surface area contributed by atoms with Gasteiger partial charge in [0.05, 0.1) is 24.9 Å². The van der Waals surface area contributed by atoms with E-state index in [1.54, 1.807) is 0 Å². The predicted molar refractivity (Wildman–Crippen MR) is 119 cm³/mol. The second-order valence-electron chi connectivity index (χ2n) is 8.75. The van der Waals surface area contributed by atoms with Gasteiger partial charge in [0, 0.05) is 44.0 Å². The molecule has 1 atom stereocenters. The molecule has 6 heteroatoms. The van der Waals surface area contributed by atoms with Gasteiger partial charge in [-0.05, 0) is 32.3 Å². The molecule has 0 bridgehead atoms. The number of carbonyl (C=O) groups is 1. The molecule has 1 aliphatic rings. The Balaban J connectivity index is 1.76. The summed E-state index contributed by atoms with van der Waals surface area (Å²) >= 11 is 0. The van der Waals surface area contributed by atoms with Gasteiger partial charge in [0.1, 0.15) is 0 Å². The zero-order valence-electron chi connectivity index (χ0n) is 19.1. The predicted octanol–water partition coefficient (Wildman–Crippen LogP) is 3.41. The molecule has 30 heavy (non-hydrogen) atoms. The summed E-state index contributed by atoms with van der Waals surface area (Å²) in [5, 5.41) is 4.65. The van der Waals surface area contributed by atoms with Crippen LogP contribution in [-0.2, 0) is 29.2 Å². The topological polar surface area (TPSA) is 50.6 Å². The normalized spacial score (nSPS) is 18.3. The number of aromatic nitrogens is 2. The highest BCUT2D eigenvalue weighted by Crippen LogP contribution is 2.19. The first kappa shape index (κ1) is 22.5. The number of amides is 1. The molecular weight excluding hydrogens is 376 g/mol. The van der Waals surface area contributed by atoms with Crippen LogP contribution in [0.3, 0.4) is 0 Å². The molecule has 0 spiro atoms. The van der Waals surface area contributed by atoms with Crippen LogP contribution in [0.25, 0.3) is 0 Å². The fourth-order valence-electron chi connectivity index (χ4n) is 4.17. The fraction of sp³-hybridized carbons (Fsp3) is 0.583. The molecule has 0 saturated carbocycles. The van der Waals surface area contributed by atoms with Crippen LogP contribution in [0.4, 0.5) is 0 Å². The lowest BCUT2D eigenvalue weighted by atomic mass is 10.1. The van der Waals surface area contributed by atoms with Crippen molar-refractivity contribution in [1.29, 1.82) is 0 Å². The summed E-state index contributed by atoms with van der Waals surface area (Å²) in [4.78, 5) is 17.2. The lowest BCUT2D eigenvalue weighted by Gasteiger charge is -2.26. The number of aryl methyl sites for hydroxylation is 2. The van der Waals surface area contributed by atoms with E-state index in [-0.39, 0.29) is 12.0 Å². The molecule has 0 radical (unpaired) electrons. The van der Waals surface area contributed by atoms with E-state index in [1.807, 2.05) is 27.8 Å². The Morgan fingerprint density at radius 2 is 1.90 bits per heavy atom. The quantitative estimate of drug-likeness (QED) is 0.667. The smallest absolute Gasteiger partial charge is 0.236 e. The molecule has 2 aromatic rings. The molecule has 1 aromatic heterocycles. The van der Waals surface area contributed by atoms with E-state index in [4.69, 9.17) is 4.74 Å². The minimum Gasteiger partial charge on any atom is -0.370 e. The van der Waals surface area contributed by atoms with Crippen molar-refractivity contribution >= 4 is 5.91 Å². The van der Waals surface area contributed by atoms with Crippen LogP contribution in [0.2, 0.25) is 0 Å². The summed E-state index contributed by atoms with van der Waals surface area (Å²) < 4.78 is 8.35. The third-order valence-electron chi connectivity index (χ3n) is 5.72. The number of hydrogen-bond donors (Lipinski definition) is 0. The van der Waals surface area contributed by atoms with E-state index in [0.717, 1.165) is 37.4 Å². The standard InChI is InChI=1S/C24H36N4O2/c1-6-28-20(5)23(19(4)25-28)15-26-13-22(30-17-21-10-8-7-9-11-21)14-27(12-18(2)3)24(29)16-26/h7-11,18,22H,6,12-17H2,1-5H3. The van der Waals surface area contributed by atoms with Crippen molar-refractivity contribution in [3.05, 3.63) is 52.8 Å². The Labute approximate surface area is 180 Å². The highest BCUT2D eigenvalue weighted by Gasteiger charge is 2.29. The van der Waals surface area contributed by atoms with E-state index >= 15 is 0 Å². The summed E-state index contributed by atoms with van der Waals surface area (Å²) in [6.07, 6.45) is -0.0164. The van der Waals surface area contributed by atoms with Crippen molar-refractivity contribution in [3.8, 4) is 0 Å². The van der Waals surface area contributed by atoms with Gasteiger partial charge in [-0.25, -0.2) is 0 Å². The molecule has 1 aliphatic heterocycles. The zero-order chi connectivity index (χ0) is 21.7. The van der Waals surface area contributed by atoms with E-state index in [0.29, 0.717) is 25.6 Å². The lowest BCUT2D eigenvalue weighted by Crippen LogP contribution is -2.40. The monoisotopic (exact) mass is 412 g/mol. The minimum absolute atomic E-state index is 0.0164. The van der Waals surface area contributed by atoms with Gasteiger partial charge in [0.15, 0.2) is 0 Å². The summed E-state index contributed by atoms with van der Waals surface area (Å²) in [5.41, 5.74) is 4.62. The molecule has 1 fully saturated rings. The molecule has 2 heterocycles. The molecule has 3 rings (SSSR count). The lowest BCUT2D eigenvalue weighted by molar-refractivity contribution is -0.132. The number of ether oxygens (including phenoxy) is 1. The molecular formula is C24H36N4O2. The Bertz CT molecular complexity index is 831. The summed E-state index contributed by atoms with van der Waals surface area (Å²) in [6.45, 7) is 15.3. The van der Waals surface area contributed by atoms with E-state index < -0.39 is 0 Å². The van der Waals surface area contributed by atoms with E-state index in [2.05, 4.69) is 56.8 Å². The molecule has 1 saturated heterocycles. The molecule has 0 aliphatic carbocycles. The van der Waals surface area contributed by atoms with Crippen LogP contribution in [0.5, 0.6) is 0 Å². The molecule has 164 valence electrons. The van der Waals surface area contributed by atoms with Crippen LogP contribution in [0.1, 0.15) is 43.3 Å². The van der Waals surface area contributed by atoms with Crippen LogP contribution in [0, 0.1) is 19.8 Å². The Hall–Kier alpha value is -2.18. The molecule has 1 amide bonds. The van der Waals surface area contributed by atoms with Crippen LogP contribution in [-0.4, -0.2) is 57.8 Å². The van der Waals surface area contributed by atoms with Crippen molar-refractivity contribution in [1.82, 2.24) is 19.6 Å². The molecule has 1 unspecified atom stereocenters. The van der Waals surface area contributed by atoms with Crippen molar-refractivity contribution in [2.75, 3.05) is 26.2 Å². The van der Waals surface area contributed by atoms with Gasteiger partial charge in [0.2, 0.25) is 5.91 Å². The third-order valence-corrected chi connectivity index (χ3v) is 5.72. The van der Waals surface area contributed by atoms with Crippen molar-refractivity contribution in [3.63, 3.8) is 0 Å². The van der Waals surface area contributed by atoms with Crippen LogP contribution < -0.4 is 0 Å². The molecule has 1 aromatic carbocycles. The van der Waals surface area contributed by atoms with Crippen LogP contribution >= 0.6 is 0 Å². The highest BCUT2D eigenvalue weighted by atomic mass is 16.5. The van der Waals surface area contributed by atoms with Crippen molar-refractivity contribution < 1.29 is 9.53 Å². The fourth-order valence-corrected chi connectivity index (χ4v) is 4.17. The van der Waals surface area contributed by atoms with Gasteiger partial charge >= 0.3 is 0 Å². The maximum atomic E-state index is 13.0. The van der Waals surface area contributed by atoms with Gasteiger partial charge < -0.3 is 9.64 Å². The number of carbonyl (C=O) groups excluding carboxylic acids is 1. The second kappa shape index (κ2) is 10.2. The van der Waals surface area contributed by atoms with Crippen LogP contribution in [0.15, 0.2) is 30.3 Å². The number of benzene rings is 1. The van der Waals surface area contributed by atoms with Crippen molar-refractivity contribution in [2.45, 2.75) is 60.4 Å². The first-order valence-electron chi connectivity index (χ1n) is 11.1. The van der Waals surface area contributed by atoms with Gasteiger partial charge in [0.25, 0.3) is 0 Å². The zero-order valence-corrected chi connectivity index (χ0v) is 19.1. The van der Waals surface area contributed by atoms with Gasteiger partial charge in [-0.3, -0.25) is 14.4 Å². The average Bonchev–Trinajstić information content (AvgIpc) is 2.89. The summed E-state index contributed by atoms with van der Waals surface area (Å²) in [6, 6.07) is 10.2. The number of rotatable bonds is 8. The van der Waals surface area contributed by atoms with Gasteiger partial charge in [-0.2, -0.15) is 5.10 Å². The number of hydrogen-bond acceptors (Lipinski definition) is 4. The first-order valence-corrected chi connectivity index (χ1v) is 11.1. The SMILES string of the molecule is CCn1nc(C)c(CN2CC(=O)N(CC(C)C)CC(OCc3ccccc3)C2)c1C. The maximum Gasteiger partial charge on any atom is 0.236 e. The Morgan fingerprint density at radius 1 is 1.17 bits per heavy atom. The van der Waals surface area contributed by atoms with Gasteiger partial charge in [-0.15, -0.1) is 0 Å². The van der Waals surface area contributed by atoms with E-state index in [9.17, 15) is 4.79 Å². The van der Waals surface area contributed by atoms with E-state index in [1.165, 1.54) is 11.3 Å².